The summed E-state index contributed by atoms with van der Waals surface area (Å²) >= 11 is 0.772. The number of hydrogen-bond donors (Lipinski definition) is 2. The lowest BCUT2D eigenvalue weighted by Crippen LogP contribution is -2.19. The highest BCUT2D eigenvalue weighted by atomic mass is 32.2. The van der Waals surface area contributed by atoms with Crippen LogP contribution < -0.4 is 5.01 Å². The van der Waals surface area contributed by atoms with Crippen LogP contribution in [0.25, 0.3) is 0 Å². The van der Waals surface area contributed by atoms with Crippen molar-refractivity contribution in [1.82, 2.24) is 0 Å². The van der Waals surface area contributed by atoms with E-state index in [0.717, 1.165) is 17.1 Å². The fraction of sp³-hybridized carbons (Fsp3) is 0.100. The summed E-state index contributed by atoms with van der Waals surface area (Å²) in [5.41, 5.74) is 0.246. The molecule has 0 bridgehead atoms. The second-order valence-corrected chi connectivity index (χ2v) is 4.23. The Morgan fingerprint density at radius 1 is 1.37 bits per heavy atom. The van der Waals surface area contributed by atoms with E-state index >= 15 is 0 Å². The Bertz CT molecular complexity index is 529. The minimum Gasteiger partial charge on any atom is -0.477 e. The molecule has 0 unspecified atom stereocenters. The van der Waals surface area contributed by atoms with E-state index in [1.54, 1.807) is 24.3 Å². The SMILES string of the molecule is O=C(O)C1=NN(c2ccc(SOOO)cc2)C(=O)C1. The van der Waals surface area contributed by atoms with Gasteiger partial charge in [0.2, 0.25) is 0 Å². The van der Waals surface area contributed by atoms with Crippen molar-refractivity contribution < 1.29 is 29.3 Å². The minimum atomic E-state index is -1.21. The van der Waals surface area contributed by atoms with Crippen molar-refractivity contribution in [2.75, 3.05) is 5.01 Å². The molecular formula is C10H8N2O6S. The summed E-state index contributed by atoms with van der Waals surface area (Å²) < 4.78 is 4.24. The highest BCUT2D eigenvalue weighted by Crippen LogP contribution is 2.25. The van der Waals surface area contributed by atoms with Gasteiger partial charge in [0.05, 0.1) is 24.2 Å². The first-order chi connectivity index (χ1) is 9.11. The summed E-state index contributed by atoms with van der Waals surface area (Å²) in [4.78, 5) is 23.0. The lowest BCUT2D eigenvalue weighted by molar-refractivity contribution is -0.432. The smallest absolute Gasteiger partial charge is 0.352 e. The van der Waals surface area contributed by atoms with Crippen molar-refractivity contribution in [3.05, 3.63) is 24.3 Å². The van der Waals surface area contributed by atoms with Crippen molar-refractivity contribution >= 4 is 35.3 Å². The lowest BCUT2D eigenvalue weighted by atomic mass is 10.2. The number of amides is 1. The van der Waals surface area contributed by atoms with Crippen LogP contribution in [0.2, 0.25) is 0 Å². The molecule has 19 heavy (non-hydrogen) atoms. The van der Waals surface area contributed by atoms with Gasteiger partial charge in [0, 0.05) is 4.90 Å². The number of anilines is 1. The molecule has 1 aromatic carbocycles. The van der Waals surface area contributed by atoms with E-state index < -0.39 is 11.9 Å². The summed E-state index contributed by atoms with van der Waals surface area (Å²) in [5.74, 6) is -1.62. The third kappa shape index (κ3) is 3.09. The molecule has 1 heterocycles. The molecule has 2 rings (SSSR count). The predicted octanol–water partition coefficient (Wildman–Crippen LogP) is 1.29. The largest absolute Gasteiger partial charge is 0.477 e. The van der Waals surface area contributed by atoms with E-state index in [0.29, 0.717) is 10.6 Å². The van der Waals surface area contributed by atoms with Gasteiger partial charge in [-0.25, -0.2) is 10.1 Å². The van der Waals surface area contributed by atoms with Crippen LogP contribution in [0.1, 0.15) is 6.42 Å². The Kier molecular flexibility index (Phi) is 4.12. The molecule has 0 aliphatic carbocycles. The fourth-order valence-corrected chi connectivity index (χ4v) is 1.80. The number of carboxylic acid groups (broad SMARTS) is 1. The molecule has 9 heteroatoms. The van der Waals surface area contributed by atoms with Crippen LogP contribution >= 0.6 is 12.0 Å². The quantitative estimate of drug-likeness (QED) is 0.476. The molecule has 0 fully saturated rings. The fourth-order valence-electron chi connectivity index (χ4n) is 1.45. The molecule has 0 aromatic heterocycles. The molecule has 0 spiro atoms. The van der Waals surface area contributed by atoms with Gasteiger partial charge in [0.15, 0.2) is 5.71 Å². The number of benzene rings is 1. The van der Waals surface area contributed by atoms with Crippen molar-refractivity contribution in [2.45, 2.75) is 11.3 Å². The number of hydrogen-bond acceptors (Lipinski definition) is 7. The molecule has 1 amide bonds. The number of aliphatic carboxylic acids is 1. The summed E-state index contributed by atoms with van der Waals surface area (Å²) in [6.07, 6.45) is -0.229. The molecular weight excluding hydrogens is 276 g/mol. The zero-order valence-electron chi connectivity index (χ0n) is 9.35. The second kappa shape index (κ2) is 5.80. The first-order valence-electron chi connectivity index (χ1n) is 5.00. The van der Waals surface area contributed by atoms with E-state index in [1.807, 2.05) is 0 Å². The van der Waals surface area contributed by atoms with Crippen LogP contribution in [-0.4, -0.2) is 28.0 Å². The van der Waals surface area contributed by atoms with Gasteiger partial charge in [0.1, 0.15) is 0 Å². The summed E-state index contributed by atoms with van der Waals surface area (Å²) in [6, 6.07) is 6.33. The van der Waals surface area contributed by atoms with E-state index in [2.05, 4.69) is 14.5 Å². The number of hydrazone groups is 1. The second-order valence-electron chi connectivity index (χ2n) is 3.45. The van der Waals surface area contributed by atoms with Gasteiger partial charge in [-0.05, 0) is 24.3 Å². The Morgan fingerprint density at radius 3 is 2.58 bits per heavy atom. The Labute approximate surface area is 111 Å². The molecule has 0 saturated heterocycles. The van der Waals surface area contributed by atoms with Crippen LogP contribution in [0.3, 0.4) is 0 Å². The maximum atomic E-state index is 11.6. The third-order valence-electron chi connectivity index (χ3n) is 2.26. The summed E-state index contributed by atoms with van der Waals surface area (Å²) in [7, 11) is 0. The topological polar surface area (TPSA) is 109 Å². The maximum absolute atomic E-state index is 11.6. The highest BCUT2D eigenvalue weighted by Gasteiger charge is 2.28. The van der Waals surface area contributed by atoms with Gasteiger partial charge in [-0.3, -0.25) is 4.79 Å². The van der Waals surface area contributed by atoms with Gasteiger partial charge in [-0.15, -0.1) is 4.33 Å². The maximum Gasteiger partial charge on any atom is 0.352 e. The number of carbonyl (C=O) groups excluding carboxylic acids is 1. The Morgan fingerprint density at radius 2 is 2.05 bits per heavy atom. The van der Waals surface area contributed by atoms with Crippen LogP contribution in [0.5, 0.6) is 0 Å². The predicted molar refractivity (Wildman–Crippen MR) is 64.3 cm³/mol. The molecule has 8 nitrogen and oxygen atoms in total. The normalized spacial score (nSPS) is 14.7. The number of rotatable bonds is 5. The molecule has 1 aromatic rings. The zero-order chi connectivity index (χ0) is 13.8. The van der Waals surface area contributed by atoms with Crippen molar-refractivity contribution in [2.24, 2.45) is 5.10 Å². The molecule has 0 saturated carbocycles. The third-order valence-corrected chi connectivity index (χ3v) is 2.86. The molecule has 2 N–H and O–H groups in total. The molecule has 1 aliphatic rings. The first kappa shape index (κ1) is 13.5. The van der Waals surface area contributed by atoms with Crippen LogP contribution in [0.4, 0.5) is 5.69 Å². The summed E-state index contributed by atoms with van der Waals surface area (Å²) in [5, 5.41) is 25.0. The minimum absolute atomic E-state index is 0.194. The van der Waals surface area contributed by atoms with E-state index in [1.165, 1.54) is 0 Å². The molecule has 0 radical (unpaired) electrons. The number of nitrogens with zero attached hydrogens (tertiary/aromatic N) is 2. The molecule has 1 aliphatic heterocycles. The van der Waals surface area contributed by atoms with Crippen LogP contribution in [0.15, 0.2) is 34.3 Å². The zero-order valence-corrected chi connectivity index (χ0v) is 10.2. The van der Waals surface area contributed by atoms with Gasteiger partial charge in [0.25, 0.3) is 5.91 Å². The number of carbonyl (C=O) groups is 2. The molecule has 0 atom stereocenters. The van der Waals surface area contributed by atoms with Gasteiger partial charge in [-0.2, -0.15) is 10.1 Å². The Hall–Kier alpha value is -1.94. The van der Waals surface area contributed by atoms with Gasteiger partial charge >= 0.3 is 5.97 Å². The summed E-state index contributed by atoms with van der Waals surface area (Å²) in [6.45, 7) is 0. The van der Waals surface area contributed by atoms with Crippen LogP contribution in [-0.2, 0) is 19.0 Å². The average Bonchev–Trinajstić information content (AvgIpc) is 2.79. The van der Waals surface area contributed by atoms with E-state index in [9.17, 15) is 9.59 Å². The monoisotopic (exact) mass is 284 g/mol. The van der Waals surface area contributed by atoms with E-state index in [4.69, 9.17) is 10.4 Å². The van der Waals surface area contributed by atoms with E-state index in [-0.39, 0.29) is 12.1 Å². The van der Waals surface area contributed by atoms with Crippen LogP contribution in [0, 0.1) is 0 Å². The van der Waals surface area contributed by atoms with Crippen molar-refractivity contribution in [3.63, 3.8) is 0 Å². The van der Waals surface area contributed by atoms with Gasteiger partial charge < -0.3 is 5.11 Å². The first-order valence-corrected chi connectivity index (χ1v) is 5.74. The number of carboxylic acids is 1. The van der Waals surface area contributed by atoms with Gasteiger partial charge in [-0.1, -0.05) is 5.04 Å². The van der Waals surface area contributed by atoms with Crippen molar-refractivity contribution in [1.29, 1.82) is 0 Å². The van der Waals surface area contributed by atoms with Crippen molar-refractivity contribution in [3.8, 4) is 0 Å². The average molecular weight is 284 g/mol. The lowest BCUT2D eigenvalue weighted by Gasteiger charge is -2.11. The highest BCUT2D eigenvalue weighted by molar-refractivity contribution is 7.94. The molecule has 100 valence electrons. The Balaban J connectivity index is 2.14. The standard InChI is InChI=1S/C10H8N2O6S/c13-9-5-8(10(14)15)11-12(9)6-1-3-7(4-2-6)19-18-17-16/h1-4,16H,5H2,(H,14,15).